The summed E-state index contributed by atoms with van der Waals surface area (Å²) < 4.78 is 10.5. The quantitative estimate of drug-likeness (QED) is 0.581. The highest BCUT2D eigenvalue weighted by molar-refractivity contribution is 7.16. The van der Waals surface area contributed by atoms with E-state index in [9.17, 15) is 9.90 Å². The Labute approximate surface area is 172 Å². The molecule has 4 rings (SSSR count). The van der Waals surface area contributed by atoms with Crippen molar-refractivity contribution in [3.63, 3.8) is 0 Å². The van der Waals surface area contributed by atoms with E-state index in [4.69, 9.17) is 9.15 Å². The lowest BCUT2D eigenvalue weighted by atomic mass is 9.95. The van der Waals surface area contributed by atoms with Gasteiger partial charge in [-0.05, 0) is 67.1 Å². The summed E-state index contributed by atoms with van der Waals surface area (Å²) >= 11 is 1.58. The van der Waals surface area contributed by atoms with Gasteiger partial charge in [0.15, 0.2) is 11.5 Å². The number of aromatic hydroxyl groups is 1. The van der Waals surface area contributed by atoms with Crippen LogP contribution < -0.4 is 10.1 Å². The van der Waals surface area contributed by atoms with Crippen LogP contribution in [0.2, 0.25) is 0 Å². The molecular formula is C22H22N2O4S. The standard InChI is InChI=1S/C22H22N2O4S/c1-27-18-11-14(8-9-17(18)25)12-24-22-20(16-6-2-3-7-19(16)29-22)21(26)23-13-15-5-4-10-28-15/h4-5,8-12,25H,2-3,6-7,13H2,1H3,(H,23,26). The number of amides is 1. The second-order valence-corrected chi connectivity index (χ2v) is 7.93. The summed E-state index contributed by atoms with van der Waals surface area (Å²) in [5, 5.41) is 13.4. The highest BCUT2D eigenvalue weighted by Gasteiger charge is 2.25. The second-order valence-electron chi connectivity index (χ2n) is 6.84. The zero-order valence-corrected chi connectivity index (χ0v) is 16.9. The molecule has 0 saturated carbocycles. The van der Waals surface area contributed by atoms with Crippen molar-refractivity contribution in [2.24, 2.45) is 4.99 Å². The third-order valence-corrected chi connectivity index (χ3v) is 6.12. The maximum Gasteiger partial charge on any atom is 0.255 e. The molecule has 7 heteroatoms. The number of carbonyl (C=O) groups excluding carboxylic acids is 1. The summed E-state index contributed by atoms with van der Waals surface area (Å²) in [5.41, 5.74) is 2.57. The van der Waals surface area contributed by atoms with Crippen LogP contribution in [0.1, 0.15) is 45.0 Å². The Morgan fingerprint density at radius 1 is 1.34 bits per heavy atom. The maximum absolute atomic E-state index is 13.0. The number of methoxy groups -OCH3 is 1. The highest BCUT2D eigenvalue weighted by atomic mass is 32.1. The van der Waals surface area contributed by atoms with Gasteiger partial charge >= 0.3 is 0 Å². The van der Waals surface area contributed by atoms with Crippen molar-refractivity contribution in [2.75, 3.05) is 7.11 Å². The molecule has 1 aliphatic carbocycles. The molecule has 150 valence electrons. The van der Waals surface area contributed by atoms with Crippen LogP contribution in [0.15, 0.2) is 46.0 Å². The number of nitrogens with zero attached hydrogens (tertiary/aromatic N) is 1. The fourth-order valence-corrected chi connectivity index (χ4v) is 4.68. The van der Waals surface area contributed by atoms with Gasteiger partial charge in [-0.15, -0.1) is 11.3 Å². The molecule has 1 aliphatic rings. The normalized spacial score (nSPS) is 13.4. The van der Waals surface area contributed by atoms with E-state index >= 15 is 0 Å². The average molecular weight is 410 g/mol. The van der Waals surface area contributed by atoms with Gasteiger partial charge in [0.2, 0.25) is 0 Å². The van der Waals surface area contributed by atoms with Gasteiger partial charge in [-0.25, -0.2) is 4.99 Å². The van der Waals surface area contributed by atoms with Gasteiger partial charge in [-0.3, -0.25) is 4.79 Å². The Morgan fingerprint density at radius 2 is 2.21 bits per heavy atom. The van der Waals surface area contributed by atoms with Gasteiger partial charge in [0.1, 0.15) is 10.8 Å². The fraction of sp³-hybridized carbons (Fsp3) is 0.273. The Balaban J connectivity index is 1.62. The van der Waals surface area contributed by atoms with E-state index in [0.29, 0.717) is 28.6 Å². The summed E-state index contributed by atoms with van der Waals surface area (Å²) in [4.78, 5) is 18.8. The zero-order valence-electron chi connectivity index (χ0n) is 16.1. The van der Waals surface area contributed by atoms with Gasteiger partial charge in [0.05, 0.1) is 25.5 Å². The molecule has 2 N–H and O–H groups in total. The number of fused-ring (bicyclic) bond motifs is 1. The minimum atomic E-state index is -0.128. The van der Waals surface area contributed by atoms with E-state index < -0.39 is 0 Å². The molecule has 0 atom stereocenters. The summed E-state index contributed by atoms with van der Waals surface area (Å²) in [5.74, 6) is 1.05. The van der Waals surface area contributed by atoms with Crippen LogP contribution in [-0.2, 0) is 19.4 Å². The number of phenolic OH excluding ortho intramolecular Hbond substituents is 1. The first-order valence-corrected chi connectivity index (χ1v) is 10.3. The number of rotatable bonds is 6. The van der Waals surface area contributed by atoms with Gasteiger partial charge in [0.25, 0.3) is 5.91 Å². The van der Waals surface area contributed by atoms with E-state index in [1.165, 1.54) is 12.0 Å². The molecule has 29 heavy (non-hydrogen) atoms. The van der Waals surface area contributed by atoms with Crippen LogP contribution in [0.25, 0.3) is 0 Å². The molecule has 0 aliphatic heterocycles. The SMILES string of the molecule is COc1cc(C=Nc2sc3c(c2C(=O)NCc2ccco2)CCCC3)ccc1O. The van der Waals surface area contributed by atoms with Gasteiger partial charge in [-0.2, -0.15) is 0 Å². The van der Waals surface area contributed by atoms with Crippen molar-refractivity contribution < 1.29 is 19.1 Å². The summed E-state index contributed by atoms with van der Waals surface area (Å²) in [6.45, 7) is 0.342. The van der Waals surface area contributed by atoms with Crippen molar-refractivity contribution in [3.8, 4) is 11.5 Å². The Hall–Kier alpha value is -3.06. The van der Waals surface area contributed by atoms with Crippen LogP contribution in [0, 0.1) is 0 Å². The van der Waals surface area contributed by atoms with Crippen molar-refractivity contribution >= 4 is 28.5 Å². The highest BCUT2D eigenvalue weighted by Crippen LogP contribution is 2.40. The first kappa shape index (κ1) is 19.3. The lowest BCUT2D eigenvalue weighted by Gasteiger charge is -2.12. The number of aryl methyl sites for hydroxylation is 1. The van der Waals surface area contributed by atoms with Crippen LogP contribution in [0.4, 0.5) is 5.00 Å². The smallest absolute Gasteiger partial charge is 0.255 e. The monoisotopic (exact) mass is 410 g/mol. The first-order chi connectivity index (χ1) is 14.2. The number of aliphatic imine (C=N–C) groups is 1. The number of phenols is 1. The zero-order chi connectivity index (χ0) is 20.2. The second kappa shape index (κ2) is 8.53. The van der Waals surface area contributed by atoms with Gasteiger partial charge in [-0.1, -0.05) is 0 Å². The topological polar surface area (TPSA) is 84.1 Å². The molecule has 6 nitrogen and oxygen atoms in total. The molecule has 0 fully saturated rings. The number of hydrogen-bond donors (Lipinski definition) is 2. The Morgan fingerprint density at radius 3 is 3.00 bits per heavy atom. The number of benzene rings is 1. The molecular weight excluding hydrogens is 388 g/mol. The van der Waals surface area contributed by atoms with Crippen molar-refractivity contribution in [1.29, 1.82) is 0 Å². The summed E-state index contributed by atoms with van der Waals surface area (Å²) in [6, 6.07) is 8.67. The molecule has 1 aromatic carbocycles. The van der Waals surface area contributed by atoms with E-state index in [2.05, 4.69) is 10.3 Å². The lowest BCUT2D eigenvalue weighted by Crippen LogP contribution is -2.23. The Kier molecular flexibility index (Phi) is 5.67. The lowest BCUT2D eigenvalue weighted by molar-refractivity contribution is 0.0948. The van der Waals surface area contributed by atoms with Crippen LogP contribution >= 0.6 is 11.3 Å². The number of furan rings is 1. The maximum atomic E-state index is 13.0. The third kappa shape index (κ3) is 4.19. The first-order valence-electron chi connectivity index (χ1n) is 9.52. The molecule has 0 radical (unpaired) electrons. The molecule has 0 bridgehead atoms. The predicted molar refractivity (Wildman–Crippen MR) is 113 cm³/mol. The molecule has 3 aromatic rings. The van der Waals surface area contributed by atoms with Gasteiger partial charge < -0.3 is 19.6 Å². The summed E-state index contributed by atoms with van der Waals surface area (Å²) in [6.07, 6.45) is 7.40. The number of ether oxygens (including phenoxy) is 1. The van der Waals surface area contributed by atoms with Crippen LogP contribution in [-0.4, -0.2) is 24.3 Å². The number of thiophene rings is 1. The molecule has 0 unspecified atom stereocenters. The van der Waals surface area contributed by atoms with Crippen molar-refractivity contribution in [2.45, 2.75) is 32.2 Å². The number of hydrogen-bond acceptors (Lipinski definition) is 6. The number of nitrogens with one attached hydrogen (secondary N) is 1. The minimum Gasteiger partial charge on any atom is -0.504 e. The molecule has 1 amide bonds. The number of carbonyl (C=O) groups is 1. The molecule has 0 saturated heterocycles. The van der Waals surface area contributed by atoms with E-state index in [1.54, 1.807) is 48.1 Å². The molecule has 0 spiro atoms. The Bertz CT molecular complexity index is 1040. The van der Waals surface area contributed by atoms with E-state index in [1.807, 2.05) is 6.07 Å². The van der Waals surface area contributed by atoms with Crippen molar-refractivity contribution in [1.82, 2.24) is 5.32 Å². The summed E-state index contributed by atoms with van der Waals surface area (Å²) in [7, 11) is 1.50. The molecule has 2 aromatic heterocycles. The van der Waals surface area contributed by atoms with Crippen molar-refractivity contribution in [3.05, 3.63) is 63.9 Å². The third-order valence-electron chi connectivity index (χ3n) is 4.92. The largest absolute Gasteiger partial charge is 0.504 e. The minimum absolute atomic E-state index is 0.0780. The average Bonchev–Trinajstić information content (AvgIpc) is 3.39. The van der Waals surface area contributed by atoms with Gasteiger partial charge in [0, 0.05) is 11.1 Å². The van der Waals surface area contributed by atoms with E-state index in [-0.39, 0.29) is 11.7 Å². The fourth-order valence-electron chi connectivity index (χ4n) is 3.45. The van der Waals surface area contributed by atoms with E-state index in [0.717, 1.165) is 36.8 Å². The van der Waals surface area contributed by atoms with Crippen LogP contribution in [0.5, 0.6) is 11.5 Å². The predicted octanol–water partition coefficient (Wildman–Crippen LogP) is 4.61. The molecule has 2 heterocycles. The van der Waals surface area contributed by atoms with Crippen LogP contribution in [0.3, 0.4) is 0 Å².